The molecule has 0 saturated carbocycles. The van der Waals surface area contributed by atoms with Crippen molar-refractivity contribution in [1.82, 2.24) is 29.2 Å². The Labute approximate surface area is 238 Å². The summed E-state index contributed by atoms with van der Waals surface area (Å²) in [7, 11) is -3.69. The van der Waals surface area contributed by atoms with E-state index in [9.17, 15) is 23.2 Å². The summed E-state index contributed by atoms with van der Waals surface area (Å²) in [6, 6.07) is 3.16. The minimum atomic E-state index is -3.69. The molecule has 14 nitrogen and oxygen atoms in total. The molecule has 2 N–H and O–H groups in total. The lowest BCUT2D eigenvalue weighted by Gasteiger charge is -2.32. The molecule has 0 bridgehead atoms. The van der Waals surface area contributed by atoms with Gasteiger partial charge in [-0.05, 0) is 51.2 Å². The smallest absolute Gasteiger partial charge is 0.410 e. The minimum Gasteiger partial charge on any atom is -0.444 e. The van der Waals surface area contributed by atoms with Crippen LogP contribution < -0.4 is 10.8 Å². The van der Waals surface area contributed by atoms with Gasteiger partial charge in [0.25, 0.3) is 11.1 Å². The number of amides is 2. The molecule has 1 saturated heterocycles. The standard InChI is InChI=1S/C26H36N8O6S/c1-16(2)19-13-28-34-21(19)30-24(41(6,38)39)31-23(34)27-12-17-9-10-20(33(37)14-17)29-22(35)18-8-7-11-32(15-18)25(36)40-26(3,4)5/h9-10,13-14,16,18,37H,7-8,11-12,15H2,1-6H3,(H,27,30,31). The third kappa shape index (κ3) is 7.20. The average molecular weight is 589 g/mol. The number of nitrogens with one attached hydrogen (secondary N) is 1. The average Bonchev–Trinajstić information content (AvgIpc) is 3.32. The number of pyridine rings is 1. The molecule has 0 radical (unpaired) electrons. The maximum absolute atomic E-state index is 12.9. The highest BCUT2D eigenvalue weighted by atomic mass is 32.2. The van der Waals surface area contributed by atoms with Crippen molar-refractivity contribution in [1.29, 1.82) is 0 Å². The van der Waals surface area contributed by atoms with E-state index in [1.165, 1.54) is 21.7 Å². The first-order valence-corrected chi connectivity index (χ1v) is 15.2. The summed E-state index contributed by atoms with van der Waals surface area (Å²) in [6.45, 7) is 10.1. The Morgan fingerprint density at radius 2 is 1.98 bits per heavy atom. The number of fused-ring (bicyclic) bond motifs is 1. The molecule has 3 aromatic rings. The lowest BCUT2D eigenvalue weighted by atomic mass is 9.98. The second kappa shape index (κ2) is 11.5. The van der Waals surface area contributed by atoms with E-state index in [1.54, 1.807) is 33.0 Å². The second-order valence-electron chi connectivity index (χ2n) is 11.4. The van der Waals surface area contributed by atoms with Crippen molar-refractivity contribution in [3.63, 3.8) is 0 Å². The van der Waals surface area contributed by atoms with E-state index < -0.39 is 33.4 Å². The Hall–Kier alpha value is -4.01. The fourth-order valence-electron chi connectivity index (χ4n) is 4.34. The normalized spacial score (nSPS) is 16.8. The van der Waals surface area contributed by atoms with E-state index in [1.807, 2.05) is 13.8 Å². The van der Waals surface area contributed by atoms with E-state index >= 15 is 0 Å². The monoisotopic (exact) mass is 588 g/mol. The number of aromatic nitrogens is 5. The second-order valence-corrected chi connectivity index (χ2v) is 13.3. The number of hydrogen-bond acceptors (Lipinski definition) is 10. The summed E-state index contributed by atoms with van der Waals surface area (Å²) < 4.78 is 32.0. The van der Waals surface area contributed by atoms with Crippen LogP contribution in [0, 0.1) is 5.92 Å². The van der Waals surface area contributed by atoms with Crippen molar-refractivity contribution in [2.75, 3.05) is 24.7 Å². The van der Waals surface area contributed by atoms with Crippen LogP contribution in [0.4, 0.5) is 10.7 Å². The van der Waals surface area contributed by atoms with Gasteiger partial charge in [-0.3, -0.25) is 4.79 Å². The molecule has 222 valence electrons. The molecular weight excluding hydrogens is 552 g/mol. The van der Waals surface area contributed by atoms with Crippen molar-refractivity contribution in [3.8, 4) is 0 Å². The Bertz CT molecular complexity index is 1640. The van der Waals surface area contributed by atoms with E-state index in [4.69, 9.17) is 4.74 Å². The molecule has 1 aliphatic heterocycles. The number of sulfone groups is 1. The third-order valence-corrected chi connectivity index (χ3v) is 7.24. The Balaban J connectivity index is 1.50. The SMILES string of the molecule is CC(C)c1cnn2c(NCc3ccc(=NC(=O)C4CCCN(C(=O)OC(C)(C)C)C4)n(O)c3)nc(S(C)(=O)=O)nc12. The molecule has 0 aliphatic carbocycles. The van der Waals surface area contributed by atoms with Crippen LogP contribution in [0.25, 0.3) is 5.65 Å². The van der Waals surface area contributed by atoms with Crippen LogP contribution in [0.2, 0.25) is 0 Å². The fourth-order valence-corrected chi connectivity index (χ4v) is 4.84. The number of nitrogens with zero attached hydrogens (tertiary/aromatic N) is 7. The van der Waals surface area contributed by atoms with Crippen molar-refractivity contribution >= 4 is 33.4 Å². The number of ether oxygens (including phenoxy) is 1. The number of carbonyl (C=O) groups excluding carboxylic acids is 2. The van der Waals surface area contributed by atoms with Gasteiger partial charge in [-0.25, -0.2) is 13.2 Å². The fraction of sp³-hybridized carbons (Fsp3) is 0.538. The molecule has 4 heterocycles. The van der Waals surface area contributed by atoms with Gasteiger partial charge in [-0.1, -0.05) is 19.9 Å². The van der Waals surface area contributed by atoms with Crippen LogP contribution in [0.5, 0.6) is 0 Å². The van der Waals surface area contributed by atoms with Gasteiger partial charge < -0.3 is 20.2 Å². The highest BCUT2D eigenvalue weighted by molar-refractivity contribution is 7.90. The predicted molar refractivity (Wildman–Crippen MR) is 148 cm³/mol. The van der Waals surface area contributed by atoms with Crippen LogP contribution in [0.3, 0.4) is 0 Å². The van der Waals surface area contributed by atoms with Crippen LogP contribution in [-0.2, 0) is 25.9 Å². The molecule has 0 spiro atoms. The molecule has 4 rings (SSSR count). The van der Waals surface area contributed by atoms with E-state index in [2.05, 4.69) is 25.4 Å². The summed E-state index contributed by atoms with van der Waals surface area (Å²) >= 11 is 0. The van der Waals surface area contributed by atoms with E-state index in [0.717, 1.165) is 16.5 Å². The first-order valence-electron chi connectivity index (χ1n) is 13.3. The molecule has 0 aromatic carbocycles. The largest absolute Gasteiger partial charge is 0.444 e. The number of piperidine rings is 1. The molecule has 15 heteroatoms. The number of rotatable bonds is 6. The zero-order valence-corrected chi connectivity index (χ0v) is 24.8. The van der Waals surface area contributed by atoms with Gasteiger partial charge in [0.2, 0.25) is 15.8 Å². The molecule has 1 aliphatic rings. The van der Waals surface area contributed by atoms with Crippen molar-refractivity contribution in [2.24, 2.45) is 10.9 Å². The predicted octanol–water partition coefficient (Wildman–Crippen LogP) is 2.38. The summed E-state index contributed by atoms with van der Waals surface area (Å²) in [5.74, 6) is -0.721. The van der Waals surface area contributed by atoms with E-state index in [0.29, 0.717) is 30.6 Å². The van der Waals surface area contributed by atoms with Crippen molar-refractivity contribution in [3.05, 3.63) is 41.1 Å². The molecule has 41 heavy (non-hydrogen) atoms. The first kappa shape index (κ1) is 30.0. The van der Waals surface area contributed by atoms with Gasteiger partial charge >= 0.3 is 6.09 Å². The lowest BCUT2D eigenvalue weighted by molar-refractivity contribution is -0.123. The zero-order chi connectivity index (χ0) is 30.1. The van der Waals surface area contributed by atoms with Crippen LogP contribution in [0.1, 0.15) is 64.5 Å². The quantitative estimate of drug-likeness (QED) is 0.407. The maximum Gasteiger partial charge on any atom is 0.410 e. The Morgan fingerprint density at radius 3 is 2.61 bits per heavy atom. The van der Waals surface area contributed by atoms with Gasteiger partial charge in [-0.15, -0.1) is 0 Å². The van der Waals surface area contributed by atoms with Crippen molar-refractivity contribution in [2.45, 2.75) is 70.7 Å². The molecular formula is C26H36N8O6S. The highest BCUT2D eigenvalue weighted by Crippen LogP contribution is 2.23. The number of anilines is 1. The summed E-state index contributed by atoms with van der Waals surface area (Å²) in [4.78, 5) is 39.3. The topological polar surface area (TPSA) is 173 Å². The first-order chi connectivity index (χ1) is 19.1. The van der Waals surface area contributed by atoms with Crippen molar-refractivity contribution < 1.29 is 28.0 Å². The highest BCUT2D eigenvalue weighted by Gasteiger charge is 2.31. The summed E-state index contributed by atoms with van der Waals surface area (Å²) in [5.41, 5.74) is 1.15. The van der Waals surface area contributed by atoms with Gasteiger partial charge in [-0.2, -0.15) is 29.3 Å². The molecule has 1 fully saturated rings. The van der Waals surface area contributed by atoms with E-state index in [-0.39, 0.29) is 35.6 Å². The number of likely N-dealkylation sites (tertiary alicyclic amines) is 1. The number of carbonyl (C=O) groups is 2. The Kier molecular flexibility index (Phi) is 8.38. The molecule has 3 aromatic heterocycles. The maximum atomic E-state index is 12.9. The lowest BCUT2D eigenvalue weighted by Crippen LogP contribution is -2.44. The van der Waals surface area contributed by atoms with Gasteiger partial charge in [0.1, 0.15) is 5.60 Å². The van der Waals surface area contributed by atoms with Crippen LogP contribution in [-0.4, -0.2) is 79.8 Å². The van der Waals surface area contributed by atoms with Crippen LogP contribution >= 0.6 is 0 Å². The van der Waals surface area contributed by atoms with Gasteiger partial charge in [0.15, 0.2) is 11.1 Å². The Morgan fingerprint density at radius 1 is 1.24 bits per heavy atom. The molecule has 2 amide bonds. The van der Waals surface area contributed by atoms with Gasteiger partial charge in [0.05, 0.1) is 18.3 Å². The molecule has 1 unspecified atom stereocenters. The van der Waals surface area contributed by atoms with Crippen LogP contribution in [0.15, 0.2) is 34.7 Å². The third-order valence-electron chi connectivity index (χ3n) is 6.40. The minimum absolute atomic E-state index is 0.0329. The number of hydrogen-bond donors (Lipinski definition) is 2. The summed E-state index contributed by atoms with van der Waals surface area (Å²) in [6.07, 6.45) is 4.79. The van der Waals surface area contributed by atoms with Gasteiger partial charge in [0, 0.05) is 31.5 Å². The summed E-state index contributed by atoms with van der Waals surface area (Å²) in [5, 5.41) is 17.6. The zero-order valence-electron chi connectivity index (χ0n) is 24.0. The molecule has 1 atom stereocenters.